The fourth-order valence-corrected chi connectivity index (χ4v) is 1.77. The second-order valence-corrected chi connectivity index (χ2v) is 4.38. The van der Waals surface area contributed by atoms with Gasteiger partial charge < -0.3 is 5.73 Å². The lowest BCUT2D eigenvalue weighted by Crippen LogP contribution is -2.01. The lowest BCUT2D eigenvalue weighted by molar-refractivity contribution is 0.630. The fourth-order valence-electron chi connectivity index (χ4n) is 1.77. The van der Waals surface area contributed by atoms with E-state index in [4.69, 9.17) is 5.73 Å². The molecule has 15 heavy (non-hydrogen) atoms. The van der Waals surface area contributed by atoms with Gasteiger partial charge in [-0.05, 0) is 32.2 Å². The summed E-state index contributed by atoms with van der Waals surface area (Å²) in [6.45, 7) is 0.798. The van der Waals surface area contributed by atoms with Crippen molar-refractivity contribution in [1.82, 2.24) is 14.8 Å². The molecule has 0 amide bonds. The third kappa shape index (κ3) is 2.78. The highest BCUT2D eigenvalue weighted by Crippen LogP contribution is 2.38. The number of nitrogens with zero attached hydrogens (tertiary/aromatic N) is 3. The van der Waals surface area contributed by atoms with Gasteiger partial charge in [0.2, 0.25) is 0 Å². The smallest absolute Gasteiger partial charge is 0.154 e. The minimum Gasteiger partial charge on any atom is -0.330 e. The Morgan fingerprint density at radius 1 is 1.33 bits per heavy atom. The van der Waals surface area contributed by atoms with Gasteiger partial charge in [0.1, 0.15) is 5.82 Å². The molecule has 0 aliphatic heterocycles. The lowest BCUT2D eigenvalue weighted by atomic mass is 10.2. The maximum Gasteiger partial charge on any atom is 0.154 e. The number of hydrogen-bond acceptors (Lipinski definition) is 3. The average molecular weight is 208 g/mol. The van der Waals surface area contributed by atoms with Gasteiger partial charge in [-0.15, -0.1) is 0 Å². The predicted octanol–water partition coefficient (Wildman–Crippen LogP) is 1.36. The molecule has 0 radical (unpaired) electrons. The first-order chi connectivity index (χ1) is 7.31. The second kappa shape index (κ2) is 4.75. The molecule has 1 fully saturated rings. The zero-order valence-corrected chi connectivity index (χ0v) is 9.45. The highest BCUT2D eigenvalue weighted by molar-refractivity contribution is 5.05. The van der Waals surface area contributed by atoms with E-state index in [2.05, 4.69) is 10.1 Å². The van der Waals surface area contributed by atoms with Crippen LogP contribution in [0.25, 0.3) is 0 Å². The Morgan fingerprint density at radius 2 is 2.13 bits per heavy atom. The van der Waals surface area contributed by atoms with E-state index < -0.39 is 0 Å². The monoisotopic (exact) mass is 208 g/mol. The SMILES string of the molecule is Cn1nc(C2CC2)nc1CCCCCN. The summed E-state index contributed by atoms with van der Waals surface area (Å²) in [5.41, 5.74) is 5.46. The molecular weight excluding hydrogens is 188 g/mol. The molecule has 2 N–H and O–H groups in total. The molecule has 4 nitrogen and oxygen atoms in total. The van der Waals surface area contributed by atoms with Gasteiger partial charge in [-0.25, -0.2) is 4.98 Å². The number of rotatable bonds is 6. The minimum absolute atomic E-state index is 0.661. The van der Waals surface area contributed by atoms with E-state index in [0.717, 1.165) is 31.0 Å². The van der Waals surface area contributed by atoms with Gasteiger partial charge in [-0.3, -0.25) is 4.68 Å². The Balaban J connectivity index is 1.84. The summed E-state index contributed by atoms with van der Waals surface area (Å²) in [6, 6.07) is 0. The molecule has 0 saturated heterocycles. The number of hydrogen-bond donors (Lipinski definition) is 1. The topological polar surface area (TPSA) is 56.7 Å². The quantitative estimate of drug-likeness (QED) is 0.718. The first-order valence-corrected chi connectivity index (χ1v) is 5.91. The summed E-state index contributed by atoms with van der Waals surface area (Å²) in [4.78, 5) is 4.59. The highest BCUT2D eigenvalue weighted by atomic mass is 15.3. The van der Waals surface area contributed by atoms with Gasteiger partial charge in [0.15, 0.2) is 5.82 Å². The first-order valence-electron chi connectivity index (χ1n) is 5.91. The van der Waals surface area contributed by atoms with E-state index in [1.807, 2.05) is 11.7 Å². The van der Waals surface area contributed by atoms with Crippen molar-refractivity contribution in [3.63, 3.8) is 0 Å². The first kappa shape index (κ1) is 10.6. The Bertz CT molecular complexity index is 314. The van der Waals surface area contributed by atoms with Crippen LogP contribution in [-0.2, 0) is 13.5 Å². The third-order valence-electron chi connectivity index (χ3n) is 2.92. The zero-order chi connectivity index (χ0) is 10.7. The maximum absolute atomic E-state index is 5.46. The summed E-state index contributed by atoms with van der Waals surface area (Å²) in [7, 11) is 2.00. The van der Waals surface area contributed by atoms with Crippen molar-refractivity contribution in [2.45, 2.75) is 44.4 Å². The average Bonchev–Trinajstić information content (AvgIpc) is 3.00. The van der Waals surface area contributed by atoms with Crippen molar-refractivity contribution in [1.29, 1.82) is 0 Å². The van der Waals surface area contributed by atoms with Crippen molar-refractivity contribution in [3.8, 4) is 0 Å². The summed E-state index contributed by atoms with van der Waals surface area (Å²) < 4.78 is 1.94. The van der Waals surface area contributed by atoms with E-state index in [-0.39, 0.29) is 0 Å². The molecule has 84 valence electrons. The van der Waals surface area contributed by atoms with Crippen LogP contribution in [0.2, 0.25) is 0 Å². The molecule has 0 spiro atoms. The summed E-state index contributed by atoms with van der Waals surface area (Å²) in [6.07, 6.45) is 7.08. The molecule has 1 aromatic rings. The molecule has 1 aliphatic rings. The van der Waals surface area contributed by atoms with Gasteiger partial charge in [-0.2, -0.15) is 5.10 Å². The van der Waals surface area contributed by atoms with Crippen LogP contribution in [0.5, 0.6) is 0 Å². The fraction of sp³-hybridized carbons (Fsp3) is 0.818. The normalized spacial score (nSPS) is 15.9. The van der Waals surface area contributed by atoms with Crippen LogP contribution < -0.4 is 5.73 Å². The van der Waals surface area contributed by atoms with Crippen LogP contribution in [-0.4, -0.2) is 21.3 Å². The number of unbranched alkanes of at least 4 members (excludes halogenated alkanes) is 2. The zero-order valence-electron chi connectivity index (χ0n) is 9.45. The molecule has 1 aliphatic carbocycles. The number of nitrogens with two attached hydrogens (primary N) is 1. The largest absolute Gasteiger partial charge is 0.330 e. The van der Waals surface area contributed by atoms with Crippen LogP contribution >= 0.6 is 0 Å². The van der Waals surface area contributed by atoms with Crippen LogP contribution in [0.1, 0.15) is 49.7 Å². The van der Waals surface area contributed by atoms with Crippen LogP contribution in [0.4, 0.5) is 0 Å². The molecule has 1 saturated carbocycles. The van der Waals surface area contributed by atoms with Crippen molar-refractivity contribution >= 4 is 0 Å². The van der Waals surface area contributed by atoms with E-state index >= 15 is 0 Å². The second-order valence-electron chi connectivity index (χ2n) is 4.38. The summed E-state index contributed by atoms with van der Waals surface area (Å²) in [5.74, 6) is 2.86. The number of aryl methyl sites for hydroxylation is 2. The van der Waals surface area contributed by atoms with Crippen LogP contribution in [0, 0.1) is 0 Å². The Morgan fingerprint density at radius 3 is 2.80 bits per heavy atom. The van der Waals surface area contributed by atoms with E-state index in [0.29, 0.717) is 5.92 Å². The van der Waals surface area contributed by atoms with E-state index in [9.17, 15) is 0 Å². The molecule has 1 aromatic heterocycles. The van der Waals surface area contributed by atoms with E-state index in [1.54, 1.807) is 0 Å². The molecule has 4 heteroatoms. The van der Waals surface area contributed by atoms with Crippen molar-refractivity contribution in [3.05, 3.63) is 11.6 Å². The Labute approximate surface area is 90.9 Å². The van der Waals surface area contributed by atoms with Crippen LogP contribution in [0.3, 0.4) is 0 Å². The summed E-state index contributed by atoms with van der Waals surface area (Å²) >= 11 is 0. The van der Waals surface area contributed by atoms with Gasteiger partial charge in [0.25, 0.3) is 0 Å². The van der Waals surface area contributed by atoms with Crippen molar-refractivity contribution < 1.29 is 0 Å². The molecular formula is C11H20N4. The van der Waals surface area contributed by atoms with Crippen LogP contribution in [0.15, 0.2) is 0 Å². The molecule has 0 bridgehead atoms. The van der Waals surface area contributed by atoms with Crippen molar-refractivity contribution in [2.24, 2.45) is 12.8 Å². The van der Waals surface area contributed by atoms with Gasteiger partial charge in [-0.1, -0.05) is 6.42 Å². The summed E-state index contributed by atoms with van der Waals surface area (Å²) in [5, 5.41) is 4.45. The third-order valence-corrected chi connectivity index (χ3v) is 2.92. The number of aromatic nitrogens is 3. The molecule has 0 unspecified atom stereocenters. The minimum atomic E-state index is 0.661. The van der Waals surface area contributed by atoms with E-state index in [1.165, 1.54) is 25.7 Å². The molecule has 2 rings (SSSR count). The standard InChI is InChI=1S/C11H20N4/c1-15-10(5-3-2-4-8-12)13-11(14-15)9-6-7-9/h9H,2-8,12H2,1H3. The lowest BCUT2D eigenvalue weighted by Gasteiger charge is -1.98. The van der Waals surface area contributed by atoms with Gasteiger partial charge in [0, 0.05) is 19.4 Å². The maximum atomic E-state index is 5.46. The Kier molecular flexibility index (Phi) is 3.36. The molecule has 0 aromatic carbocycles. The van der Waals surface area contributed by atoms with Gasteiger partial charge in [0.05, 0.1) is 0 Å². The predicted molar refractivity (Wildman–Crippen MR) is 59.6 cm³/mol. The Hall–Kier alpha value is -0.900. The van der Waals surface area contributed by atoms with Gasteiger partial charge >= 0.3 is 0 Å². The molecule has 0 atom stereocenters. The molecule has 1 heterocycles. The highest BCUT2D eigenvalue weighted by Gasteiger charge is 2.28. The van der Waals surface area contributed by atoms with Crippen molar-refractivity contribution in [2.75, 3.05) is 6.54 Å².